The Kier molecular flexibility index (Phi) is 7.53. The molecule has 3 rings (SSSR count). The normalized spacial score (nSPS) is 16.6. The highest BCUT2D eigenvalue weighted by Gasteiger charge is 2.24. The Morgan fingerprint density at radius 3 is 3.11 bits per heavy atom. The number of fused-ring (bicyclic) bond motifs is 1. The summed E-state index contributed by atoms with van der Waals surface area (Å²) in [5.41, 5.74) is 2.07. The lowest BCUT2D eigenvalue weighted by Gasteiger charge is -2.24. The summed E-state index contributed by atoms with van der Waals surface area (Å²) in [5, 5.41) is 11.6. The number of thiazole rings is 1. The maximum Gasteiger partial charge on any atom is 0.225 e. The second kappa shape index (κ2) is 10.3. The highest BCUT2D eigenvalue weighted by atomic mass is 32.2. The van der Waals surface area contributed by atoms with Crippen LogP contribution in [0.3, 0.4) is 0 Å². The second-order valence-corrected chi connectivity index (χ2v) is 8.42. The third-order valence-corrected chi connectivity index (χ3v) is 6.22. The van der Waals surface area contributed by atoms with Gasteiger partial charge in [-0.15, -0.1) is 11.3 Å². The van der Waals surface area contributed by atoms with E-state index >= 15 is 0 Å². The molecule has 1 unspecified atom stereocenters. The zero-order valence-corrected chi connectivity index (χ0v) is 17.0. The largest absolute Gasteiger partial charge is 0.357 e. The summed E-state index contributed by atoms with van der Waals surface area (Å²) in [6.07, 6.45) is 3.35. The van der Waals surface area contributed by atoms with E-state index in [2.05, 4.69) is 33.9 Å². The Balaban J connectivity index is 1.50. The Morgan fingerprint density at radius 1 is 1.41 bits per heavy atom. The van der Waals surface area contributed by atoms with Gasteiger partial charge < -0.3 is 16.0 Å². The first-order valence-corrected chi connectivity index (χ1v) is 11.1. The fraction of sp³-hybridized carbons (Fsp3) is 0.421. The number of hydrogen-bond acceptors (Lipinski definition) is 5. The molecule has 0 fully saturated rings. The third kappa shape index (κ3) is 5.97. The molecule has 1 aromatic carbocycles. The Labute approximate surface area is 168 Å². The van der Waals surface area contributed by atoms with E-state index in [1.165, 1.54) is 0 Å². The molecule has 0 bridgehead atoms. The topological polar surface area (TPSA) is 78.4 Å². The molecular weight excluding hydrogens is 378 g/mol. The molecule has 0 radical (unpaired) electrons. The number of nitrogens with one attached hydrogen (secondary N) is 3. The average Bonchev–Trinajstić information content (AvgIpc) is 3.19. The lowest BCUT2D eigenvalue weighted by molar-refractivity contribution is -0.116. The van der Waals surface area contributed by atoms with Crippen LogP contribution in [0.1, 0.15) is 31.2 Å². The predicted octanol–water partition coefficient (Wildman–Crippen LogP) is 3.31. The molecular formula is C19H25N5OS2. The molecule has 0 spiro atoms. The van der Waals surface area contributed by atoms with E-state index in [4.69, 9.17) is 4.99 Å². The van der Waals surface area contributed by atoms with Crippen LogP contribution in [0, 0.1) is 0 Å². The molecule has 0 saturated heterocycles. The molecule has 6 nitrogen and oxygen atoms in total. The van der Waals surface area contributed by atoms with Gasteiger partial charge in [-0.3, -0.25) is 9.79 Å². The molecule has 2 heterocycles. The van der Waals surface area contributed by atoms with E-state index in [-0.39, 0.29) is 11.8 Å². The van der Waals surface area contributed by atoms with Crippen molar-refractivity contribution in [3.8, 4) is 0 Å². The Hall–Kier alpha value is -2.06. The van der Waals surface area contributed by atoms with Crippen molar-refractivity contribution in [2.24, 2.45) is 4.99 Å². The molecule has 0 saturated carbocycles. The summed E-state index contributed by atoms with van der Waals surface area (Å²) in [6, 6.07) is 7.98. The van der Waals surface area contributed by atoms with Gasteiger partial charge >= 0.3 is 0 Å². The van der Waals surface area contributed by atoms with Crippen molar-refractivity contribution in [1.29, 1.82) is 0 Å². The number of hydrogen-bond donors (Lipinski definition) is 3. The number of aromatic nitrogens is 1. The fourth-order valence-electron chi connectivity index (χ4n) is 2.93. The molecule has 1 atom stereocenters. The van der Waals surface area contributed by atoms with Crippen molar-refractivity contribution >= 4 is 40.7 Å². The van der Waals surface area contributed by atoms with Crippen LogP contribution in [0.4, 0.5) is 5.69 Å². The first kappa shape index (κ1) is 19.7. The third-order valence-electron chi connectivity index (χ3n) is 4.17. The number of para-hydroxylation sites is 1. The number of rotatable bonds is 8. The molecule has 3 N–H and O–H groups in total. The van der Waals surface area contributed by atoms with E-state index in [9.17, 15) is 4.79 Å². The first-order valence-electron chi connectivity index (χ1n) is 9.19. The van der Waals surface area contributed by atoms with E-state index in [1.54, 1.807) is 23.1 Å². The van der Waals surface area contributed by atoms with Gasteiger partial charge in [-0.25, -0.2) is 4.98 Å². The van der Waals surface area contributed by atoms with Gasteiger partial charge in [-0.1, -0.05) is 30.0 Å². The summed E-state index contributed by atoms with van der Waals surface area (Å²) in [7, 11) is 0. The second-order valence-electron chi connectivity index (χ2n) is 6.18. The Morgan fingerprint density at radius 2 is 2.30 bits per heavy atom. The Bertz CT molecular complexity index is 763. The van der Waals surface area contributed by atoms with Crippen molar-refractivity contribution in [3.05, 3.63) is 41.4 Å². The fourth-order valence-corrected chi connectivity index (χ4v) is 4.58. The number of thioether (sulfide) groups is 1. The van der Waals surface area contributed by atoms with E-state index < -0.39 is 0 Å². The summed E-state index contributed by atoms with van der Waals surface area (Å²) >= 11 is 3.46. The summed E-state index contributed by atoms with van der Waals surface area (Å²) < 4.78 is 1.12. The van der Waals surface area contributed by atoms with Crippen molar-refractivity contribution in [2.45, 2.75) is 30.0 Å². The number of nitrogens with zero attached hydrogens (tertiary/aromatic N) is 2. The summed E-state index contributed by atoms with van der Waals surface area (Å²) in [6.45, 7) is 4.31. The minimum atomic E-state index is 0.0612. The molecule has 2 aromatic rings. The number of aliphatic imine (C=N–C) groups is 1. The zero-order valence-electron chi connectivity index (χ0n) is 15.4. The number of benzene rings is 1. The average molecular weight is 404 g/mol. The number of anilines is 1. The van der Waals surface area contributed by atoms with Gasteiger partial charge in [-0.05, 0) is 25.0 Å². The van der Waals surface area contributed by atoms with E-state index in [0.29, 0.717) is 13.0 Å². The summed E-state index contributed by atoms with van der Waals surface area (Å²) in [5.74, 6) is 2.01. The molecule has 1 aliphatic heterocycles. The van der Waals surface area contributed by atoms with Crippen molar-refractivity contribution in [1.82, 2.24) is 15.6 Å². The lowest BCUT2D eigenvalue weighted by atomic mass is 9.91. The van der Waals surface area contributed by atoms with Gasteiger partial charge in [0.2, 0.25) is 5.91 Å². The van der Waals surface area contributed by atoms with Gasteiger partial charge in [0.1, 0.15) is 4.34 Å². The molecule has 8 heteroatoms. The van der Waals surface area contributed by atoms with Crippen LogP contribution in [0.2, 0.25) is 0 Å². The van der Waals surface area contributed by atoms with Gasteiger partial charge in [0.05, 0.1) is 6.54 Å². The smallest absolute Gasteiger partial charge is 0.225 e. The van der Waals surface area contributed by atoms with Gasteiger partial charge in [0.25, 0.3) is 0 Å². The van der Waals surface area contributed by atoms with E-state index in [0.717, 1.165) is 46.8 Å². The SMILES string of the molecule is CCNC(=NCC1CC(=O)Nc2ccccc21)NCCCSc1nccs1. The molecule has 1 amide bonds. The number of amides is 1. The van der Waals surface area contributed by atoms with Crippen LogP contribution in [0.15, 0.2) is 45.2 Å². The quantitative estimate of drug-likeness (QED) is 0.273. The van der Waals surface area contributed by atoms with Gasteiger partial charge in [0.15, 0.2) is 5.96 Å². The monoisotopic (exact) mass is 403 g/mol. The highest BCUT2D eigenvalue weighted by molar-refractivity contribution is 8.00. The van der Waals surface area contributed by atoms with E-state index in [1.807, 2.05) is 29.8 Å². The number of guanidine groups is 1. The maximum absolute atomic E-state index is 12.0. The van der Waals surface area contributed by atoms with Crippen LogP contribution >= 0.6 is 23.1 Å². The molecule has 27 heavy (non-hydrogen) atoms. The van der Waals surface area contributed by atoms with Crippen molar-refractivity contribution < 1.29 is 4.79 Å². The zero-order chi connectivity index (χ0) is 18.9. The first-order chi connectivity index (χ1) is 13.3. The minimum absolute atomic E-state index is 0.0612. The number of carbonyl (C=O) groups is 1. The van der Waals surface area contributed by atoms with Crippen LogP contribution in [-0.2, 0) is 4.79 Å². The van der Waals surface area contributed by atoms with Gasteiger partial charge in [0, 0.05) is 48.4 Å². The van der Waals surface area contributed by atoms with Gasteiger partial charge in [-0.2, -0.15) is 0 Å². The lowest BCUT2D eigenvalue weighted by Crippen LogP contribution is -2.38. The molecule has 1 aromatic heterocycles. The molecule has 1 aliphatic rings. The molecule has 144 valence electrons. The van der Waals surface area contributed by atoms with Crippen molar-refractivity contribution in [2.75, 3.05) is 30.7 Å². The molecule has 0 aliphatic carbocycles. The highest BCUT2D eigenvalue weighted by Crippen LogP contribution is 2.31. The maximum atomic E-state index is 12.0. The standard InChI is InChI=1S/C19H25N5OS2/c1-2-20-18(21-8-5-10-26-19-22-9-11-27-19)23-13-14-12-17(25)24-16-7-4-3-6-15(14)16/h3-4,6-7,9,11,14H,2,5,8,10,12-13H2,1H3,(H,24,25)(H2,20,21,23). The summed E-state index contributed by atoms with van der Waals surface area (Å²) in [4.78, 5) is 20.9. The predicted molar refractivity (Wildman–Crippen MR) is 114 cm³/mol. The number of carbonyl (C=O) groups excluding carboxylic acids is 1. The van der Waals surface area contributed by atoms with Crippen LogP contribution in [-0.4, -0.2) is 42.2 Å². The van der Waals surface area contributed by atoms with Crippen LogP contribution < -0.4 is 16.0 Å². The van der Waals surface area contributed by atoms with Crippen molar-refractivity contribution in [3.63, 3.8) is 0 Å². The minimum Gasteiger partial charge on any atom is -0.357 e. The van der Waals surface area contributed by atoms with Crippen LogP contribution in [0.5, 0.6) is 0 Å². The van der Waals surface area contributed by atoms with Crippen LogP contribution in [0.25, 0.3) is 0 Å².